The number of hydrogen-bond donors (Lipinski definition) is 1. The van der Waals surface area contributed by atoms with Crippen LogP contribution in [0.15, 0.2) is 16.7 Å². The first-order chi connectivity index (χ1) is 8.40. The average molecular weight is 254 g/mol. The number of thioether (sulfide) groups is 1. The van der Waals surface area contributed by atoms with E-state index in [0.29, 0.717) is 0 Å². The van der Waals surface area contributed by atoms with E-state index < -0.39 is 0 Å². The molecule has 1 aliphatic rings. The topological polar surface area (TPSA) is 28.4 Å². The van der Waals surface area contributed by atoms with E-state index in [-0.39, 0.29) is 0 Å². The van der Waals surface area contributed by atoms with Crippen LogP contribution in [-0.4, -0.2) is 36.0 Å². The maximum absolute atomic E-state index is 5.61. The Balaban J connectivity index is 1.84. The fourth-order valence-electron chi connectivity index (χ4n) is 2.03. The van der Waals surface area contributed by atoms with Gasteiger partial charge in [0.25, 0.3) is 0 Å². The summed E-state index contributed by atoms with van der Waals surface area (Å²) in [7, 11) is 0. The molecule has 17 heavy (non-hydrogen) atoms. The standard InChI is InChI=1S/C13H22N2OS/c1-2-4-14-10-12-3-7-16-13(12)11-15-5-8-17-9-6-15/h3,7,14H,2,4-6,8-11H2,1H3. The largest absolute Gasteiger partial charge is 0.468 e. The van der Waals surface area contributed by atoms with Gasteiger partial charge in [-0.05, 0) is 19.0 Å². The third kappa shape index (κ3) is 4.05. The Hall–Kier alpha value is -0.450. The first kappa shape index (κ1) is 13.0. The minimum Gasteiger partial charge on any atom is -0.468 e. The second-order valence-electron chi connectivity index (χ2n) is 4.43. The van der Waals surface area contributed by atoms with Crippen LogP contribution in [-0.2, 0) is 13.1 Å². The molecule has 0 atom stereocenters. The zero-order valence-electron chi connectivity index (χ0n) is 10.6. The van der Waals surface area contributed by atoms with Crippen LogP contribution in [0.3, 0.4) is 0 Å². The lowest BCUT2D eigenvalue weighted by Crippen LogP contribution is -2.32. The van der Waals surface area contributed by atoms with Gasteiger partial charge in [-0.15, -0.1) is 0 Å². The van der Waals surface area contributed by atoms with Crippen LogP contribution in [0.2, 0.25) is 0 Å². The van der Waals surface area contributed by atoms with Crippen molar-refractivity contribution in [3.05, 3.63) is 23.7 Å². The number of furan rings is 1. The molecule has 0 radical (unpaired) electrons. The molecule has 4 heteroatoms. The second-order valence-corrected chi connectivity index (χ2v) is 5.66. The van der Waals surface area contributed by atoms with Crippen molar-refractivity contribution in [3.63, 3.8) is 0 Å². The van der Waals surface area contributed by atoms with Crippen molar-refractivity contribution in [3.8, 4) is 0 Å². The minimum atomic E-state index is 0.933. The number of nitrogens with zero attached hydrogens (tertiary/aromatic N) is 1. The molecule has 0 aliphatic carbocycles. The van der Waals surface area contributed by atoms with Crippen molar-refractivity contribution < 1.29 is 4.42 Å². The average Bonchev–Trinajstić information content (AvgIpc) is 2.79. The Morgan fingerprint density at radius 1 is 1.41 bits per heavy atom. The highest BCUT2D eigenvalue weighted by Gasteiger charge is 2.14. The summed E-state index contributed by atoms with van der Waals surface area (Å²) < 4.78 is 5.61. The molecule has 2 heterocycles. The van der Waals surface area contributed by atoms with E-state index in [2.05, 4.69) is 23.2 Å². The van der Waals surface area contributed by atoms with Crippen molar-refractivity contribution in [1.82, 2.24) is 10.2 Å². The van der Waals surface area contributed by atoms with Crippen LogP contribution in [0.25, 0.3) is 0 Å². The van der Waals surface area contributed by atoms with E-state index in [4.69, 9.17) is 4.42 Å². The van der Waals surface area contributed by atoms with Gasteiger partial charge in [-0.3, -0.25) is 4.90 Å². The molecule has 96 valence electrons. The maximum atomic E-state index is 5.61. The molecular weight excluding hydrogens is 232 g/mol. The van der Waals surface area contributed by atoms with E-state index in [9.17, 15) is 0 Å². The quantitative estimate of drug-likeness (QED) is 0.789. The minimum absolute atomic E-state index is 0.933. The molecule has 1 aromatic rings. The van der Waals surface area contributed by atoms with Gasteiger partial charge in [0.2, 0.25) is 0 Å². The van der Waals surface area contributed by atoms with Gasteiger partial charge in [0.15, 0.2) is 0 Å². The van der Waals surface area contributed by atoms with E-state index in [1.54, 1.807) is 0 Å². The Bertz CT molecular complexity index is 321. The lowest BCUT2D eigenvalue weighted by atomic mass is 10.2. The van der Waals surface area contributed by atoms with Gasteiger partial charge in [-0.2, -0.15) is 11.8 Å². The zero-order chi connectivity index (χ0) is 11.9. The molecule has 2 rings (SSSR count). The molecule has 1 aliphatic heterocycles. The van der Waals surface area contributed by atoms with E-state index in [0.717, 1.165) is 25.4 Å². The maximum Gasteiger partial charge on any atom is 0.122 e. The molecular formula is C13H22N2OS. The van der Waals surface area contributed by atoms with Crippen LogP contribution >= 0.6 is 11.8 Å². The molecule has 1 aromatic heterocycles. The molecule has 0 unspecified atom stereocenters. The Morgan fingerprint density at radius 3 is 3.00 bits per heavy atom. The predicted octanol–water partition coefficient (Wildman–Crippen LogP) is 2.33. The summed E-state index contributed by atoms with van der Waals surface area (Å²) in [6.07, 6.45) is 2.99. The normalized spacial score (nSPS) is 17.5. The first-order valence-electron chi connectivity index (χ1n) is 6.46. The van der Waals surface area contributed by atoms with Crippen LogP contribution in [0.1, 0.15) is 24.7 Å². The van der Waals surface area contributed by atoms with Crippen molar-refractivity contribution in [2.75, 3.05) is 31.1 Å². The molecule has 0 spiro atoms. The fraction of sp³-hybridized carbons (Fsp3) is 0.692. The number of hydrogen-bond acceptors (Lipinski definition) is 4. The van der Waals surface area contributed by atoms with Gasteiger partial charge < -0.3 is 9.73 Å². The van der Waals surface area contributed by atoms with Gasteiger partial charge in [-0.1, -0.05) is 6.92 Å². The lowest BCUT2D eigenvalue weighted by molar-refractivity contribution is 0.266. The van der Waals surface area contributed by atoms with Crippen molar-refractivity contribution in [2.24, 2.45) is 0 Å². The summed E-state index contributed by atoms with van der Waals surface area (Å²) in [4.78, 5) is 2.48. The summed E-state index contributed by atoms with van der Waals surface area (Å²) in [5.41, 5.74) is 1.32. The van der Waals surface area contributed by atoms with Crippen molar-refractivity contribution >= 4 is 11.8 Å². The van der Waals surface area contributed by atoms with Crippen LogP contribution in [0.5, 0.6) is 0 Å². The van der Waals surface area contributed by atoms with Gasteiger partial charge in [0.1, 0.15) is 5.76 Å². The highest BCUT2D eigenvalue weighted by Crippen LogP contribution is 2.16. The van der Waals surface area contributed by atoms with Gasteiger partial charge in [-0.25, -0.2) is 0 Å². The lowest BCUT2D eigenvalue weighted by Gasteiger charge is -2.25. The predicted molar refractivity (Wildman–Crippen MR) is 73.3 cm³/mol. The van der Waals surface area contributed by atoms with Gasteiger partial charge >= 0.3 is 0 Å². The zero-order valence-corrected chi connectivity index (χ0v) is 11.4. The molecule has 3 nitrogen and oxygen atoms in total. The first-order valence-corrected chi connectivity index (χ1v) is 7.61. The summed E-state index contributed by atoms with van der Waals surface area (Å²) in [5.74, 6) is 3.65. The molecule has 0 amide bonds. The van der Waals surface area contributed by atoms with E-state index in [1.165, 1.54) is 36.6 Å². The highest BCUT2D eigenvalue weighted by molar-refractivity contribution is 7.99. The number of nitrogens with one attached hydrogen (secondary N) is 1. The summed E-state index contributed by atoms with van der Waals surface area (Å²) in [6, 6.07) is 2.09. The molecule has 1 saturated heterocycles. The van der Waals surface area contributed by atoms with Crippen LogP contribution in [0.4, 0.5) is 0 Å². The molecule has 1 N–H and O–H groups in total. The van der Waals surface area contributed by atoms with Crippen LogP contribution < -0.4 is 5.32 Å². The Kier molecular flexibility index (Phi) is 5.42. The smallest absolute Gasteiger partial charge is 0.122 e. The van der Waals surface area contributed by atoms with E-state index >= 15 is 0 Å². The van der Waals surface area contributed by atoms with Gasteiger partial charge in [0, 0.05) is 36.7 Å². The Morgan fingerprint density at radius 2 is 2.24 bits per heavy atom. The molecule has 1 fully saturated rings. The van der Waals surface area contributed by atoms with Crippen molar-refractivity contribution in [1.29, 1.82) is 0 Å². The number of rotatable bonds is 6. The van der Waals surface area contributed by atoms with Crippen molar-refractivity contribution in [2.45, 2.75) is 26.4 Å². The monoisotopic (exact) mass is 254 g/mol. The van der Waals surface area contributed by atoms with Crippen LogP contribution in [0, 0.1) is 0 Å². The summed E-state index contributed by atoms with van der Waals surface area (Å²) >= 11 is 2.05. The fourth-order valence-corrected chi connectivity index (χ4v) is 3.00. The SMILES string of the molecule is CCCNCc1ccoc1CN1CCSCC1. The third-order valence-corrected chi connectivity index (χ3v) is 3.99. The highest BCUT2D eigenvalue weighted by atomic mass is 32.2. The second kappa shape index (κ2) is 7.09. The molecule has 0 bridgehead atoms. The molecule has 0 aromatic carbocycles. The van der Waals surface area contributed by atoms with E-state index in [1.807, 2.05) is 18.0 Å². The Labute approximate surface area is 108 Å². The molecule has 0 saturated carbocycles. The summed E-state index contributed by atoms with van der Waals surface area (Å²) in [5, 5.41) is 3.43. The van der Waals surface area contributed by atoms with Gasteiger partial charge in [0.05, 0.1) is 12.8 Å². The third-order valence-electron chi connectivity index (χ3n) is 3.05. The summed E-state index contributed by atoms with van der Waals surface area (Å²) in [6.45, 7) is 7.54.